The number of carbonyl (C=O) groups is 1. The third-order valence-electron chi connectivity index (χ3n) is 2.94. The molecular formula is C11H17N2OS+. The van der Waals surface area contributed by atoms with Crippen LogP contribution in [0.3, 0.4) is 0 Å². The number of nitrogens with zero attached hydrogens (tertiary/aromatic N) is 1. The maximum absolute atomic E-state index is 11.4. The van der Waals surface area contributed by atoms with Crippen LogP contribution in [-0.4, -0.2) is 5.78 Å². The van der Waals surface area contributed by atoms with E-state index >= 15 is 0 Å². The molecule has 0 bridgehead atoms. The summed E-state index contributed by atoms with van der Waals surface area (Å²) in [7, 11) is 0. The molecule has 0 amide bonds. The number of thiazole rings is 1. The van der Waals surface area contributed by atoms with E-state index in [4.69, 9.17) is 5.73 Å². The van der Waals surface area contributed by atoms with Gasteiger partial charge in [-0.25, -0.2) is 4.57 Å². The molecule has 15 heavy (non-hydrogen) atoms. The Balaban J connectivity index is 2.29. The molecule has 1 aliphatic carbocycles. The lowest BCUT2D eigenvalue weighted by Gasteiger charge is -2.09. The minimum Gasteiger partial charge on any atom is -0.295 e. The molecule has 0 aliphatic heterocycles. The number of hydrogen-bond acceptors (Lipinski definition) is 3. The molecule has 4 heteroatoms. The van der Waals surface area contributed by atoms with Crippen molar-refractivity contribution in [2.24, 2.45) is 0 Å². The first-order valence-electron chi connectivity index (χ1n) is 5.54. The lowest BCUT2D eigenvalue weighted by molar-refractivity contribution is -0.673. The number of ketones is 1. The fraction of sp³-hybridized carbons (Fsp3) is 0.636. The van der Waals surface area contributed by atoms with Crippen molar-refractivity contribution in [1.82, 2.24) is 0 Å². The molecule has 1 heterocycles. The highest BCUT2D eigenvalue weighted by molar-refractivity contribution is 7.15. The van der Waals surface area contributed by atoms with Crippen LogP contribution in [0.2, 0.25) is 0 Å². The molecule has 2 rings (SSSR count). The number of rotatable bonds is 3. The highest BCUT2D eigenvalue weighted by Gasteiger charge is 2.24. The van der Waals surface area contributed by atoms with Gasteiger partial charge in [0.1, 0.15) is 12.2 Å². The van der Waals surface area contributed by atoms with E-state index in [1.807, 2.05) is 11.5 Å². The maximum atomic E-state index is 11.4. The lowest BCUT2D eigenvalue weighted by atomic mass is 10.0. The molecule has 0 saturated carbocycles. The van der Waals surface area contributed by atoms with E-state index in [1.165, 1.54) is 23.4 Å². The molecule has 0 unspecified atom stereocenters. The number of Topliss-reactive ketones (excluding diaryl/α,β-unsaturated/α-hetero) is 1. The molecule has 3 nitrogen and oxygen atoms in total. The van der Waals surface area contributed by atoms with Crippen LogP contribution in [-0.2, 0) is 24.2 Å². The van der Waals surface area contributed by atoms with E-state index in [9.17, 15) is 4.79 Å². The monoisotopic (exact) mass is 225 g/mol. The van der Waals surface area contributed by atoms with Crippen molar-refractivity contribution in [3.63, 3.8) is 0 Å². The minimum absolute atomic E-state index is 0.262. The second-order valence-corrected chi connectivity index (χ2v) is 5.11. The van der Waals surface area contributed by atoms with Crippen LogP contribution in [0, 0.1) is 0 Å². The van der Waals surface area contributed by atoms with Crippen LogP contribution < -0.4 is 10.3 Å². The number of aromatic nitrogens is 1. The van der Waals surface area contributed by atoms with Gasteiger partial charge in [-0.2, -0.15) is 0 Å². The third-order valence-corrected chi connectivity index (χ3v) is 4.05. The molecule has 1 aromatic rings. The van der Waals surface area contributed by atoms with Crippen molar-refractivity contribution < 1.29 is 9.36 Å². The standard InChI is InChI=1S/C11H16N2OS/c1-2-8(14)7-13-9-5-3-4-6-10(9)15-11(13)12/h12H,2-7H2,1H3/p+1. The number of aryl methyl sites for hydroxylation is 1. The molecule has 0 saturated heterocycles. The average molecular weight is 225 g/mol. The molecular weight excluding hydrogens is 208 g/mol. The van der Waals surface area contributed by atoms with E-state index in [2.05, 4.69) is 0 Å². The van der Waals surface area contributed by atoms with Gasteiger partial charge in [0.05, 0.1) is 4.88 Å². The number of nitrogens with two attached hydrogens (primary N) is 1. The summed E-state index contributed by atoms with van der Waals surface area (Å²) in [5.74, 6) is 0.262. The molecule has 82 valence electrons. The Bertz CT molecular complexity index is 384. The second-order valence-electron chi connectivity index (χ2n) is 4.00. The first-order chi connectivity index (χ1) is 7.22. The minimum atomic E-state index is 0.262. The summed E-state index contributed by atoms with van der Waals surface area (Å²) >= 11 is 1.66. The van der Waals surface area contributed by atoms with Crippen molar-refractivity contribution >= 4 is 22.3 Å². The fourth-order valence-corrected chi connectivity index (χ4v) is 3.15. The van der Waals surface area contributed by atoms with Crippen LogP contribution in [0.4, 0.5) is 5.13 Å². The zero-order valence-corrected chi connectivity index (χ0v) is 9.90. The predicted molar refractivity (Wildman–Crippen MR) is 60.9 cm³/mol. The van der Waals surface area contributed by atoms with Gasteiger partial charge in [-0.05, 0) is 19.3 Å². The van der Waals surface area contributed by atoms with Crippen molar-refractivity contribution in [3.8, 4) is 0 Å². The highest BCUT2D eigenvalue weighted by atomic mass is 32.1. The molecule has 0 spiro atoms. The van der Waals surface area contributed by atoms with E-state index < -0.39 is 0 Å². The van der Waals surface area contributed by atoms with Gasteiger partial charge in [0.25, 0.3) is 0 Å². The van der Waals surface area contributed by atoms with Crippen molar-refractivity contribution in [2.75, 3.05) is 5.73 Å². The molecule has 2 N–H and O–H groups in total. The Kier molecular flexibility index (Phi) is 3.05. The second kappa shape index (κ2) is 4.31. The average Bonchev–Trinajstić information content (AvgIpc) is 2.55. The van der Waals surface area contributed by atoms with Crippen LogP contribution in [0.15, 0.2) is 0 Å². The van der Waals surface area contributed by atoms with Gasteiger partial charge in [0, 0.05) is 12.8 Å². The summed E-state index contributed by atoms with van der Waals surface area (Å²) in [5.41, 5.74) is 7.26. The number of nitrogen functional groups attached to an aromatic ring is 1. The van der Waals surface area contributed by atoms with Crippen molar-refractivity contribution in [3.05, 3.63) is 10.6 Å². The summed E-state index contributed by atoms with van der Waals surface area (Å²) in [5, 5.41) is 0.795. The van der Waals surface area contributed by atoms with Gasteiger partial charge in [-0.15, -0.1) is 0 Å². The largest absolute Gasteiger partial charge is 0.332 e. The Morgan fingerprint density at radius 3 is 2.93 bits per heavy atom. The van der Waals surface area contributed by atoms with Crippen molar-refractivity contribution in [2.45, 2.75) is 45.6 Å². The van der Waals surface area contributed by atoms with Crippen LogP contribution in [0.25, 0.3) is 0 Å². The number of carbonyl (C=O) groups excluding carboxylic acids is 1. The summed E-state index contributed by atoms with van der Waals surface area (Å²) in [4.78, 5) is 12.8. The lowest BCUT2D eigenvalue weighted by Crippen LogP contribution is -2.42. The Labute approximate surface area is 93.9 Å². The Morgan fingerprint density at radius 1 is 1.47 bits per heavy atom. The summed E-state index contributed by atoms with van der Waals surface area (Å²) < 4.78 is 2.02. The Hall–Kier alpha value is -0.900. The molecule has 1 aliphatic rings. The number of fused-ring (bicyclic) bond motifs is 1. The number of hydrogen-bond donors (Lipinski definition) is 1. The first kappa shape index (κ1) is 10.6. The quantitative estimate of drug-likeness (QED) is 0.792. The van der Waals surface area contributed by atoms with E-state index in [-0.39, 0.29) is 5.78 Å². The van der Waals surface area contributed by atoms with Crippen LogP contribution in [0.5, 0.6) is 0 Å². The predicted octanol–water partition coefficient (Wildman–Crippen LogP) is 1.48. The topological polar surface area (TPSA) is 47.0 Å². The smallest absolute Gasteiger partial charge is 0.295 e. The molecule has 1 aromatic heterocycles. The van der Waals surface area contributed by atoms with Gasteiger partial charge < -0.3 is 0 Å². The molecule has 0 radical (unpaired) electrons. The van der Waals surface area contributed by atoms with Gasteiger partial charge in [-0.3, -0.25) is 10.5 Å². The van der Waals surface area contributed by atoms with E-state index in [1.54, 1.807) is 11.3 Å². The molecule has 0 fully saturated rings. The molecule has 0 atom stereocenters. The first-order valence-corrected chi connectivity index (χ1v) is 6.35. The van der Waals surface area contributed by atoms with Gasteiger partial charge in [0.2, 0.25) is 0 Å². The zero-order valence-electron chi connectivity index (χ0n) is 9.08. The zero-order chi connectivity index (χ0) is 10.8. The van der Waals surface area contributed by atoms with Crippen LogP contribution in [0.1, 0.15) is 36.8 Å². The number of anilines is 1. The molecule has 0 aromatic carbocycles. The highest BCUT2D eigenvalue weighted by Crippen LogP contribution is 2.26. The SMILES string of the molecule is CCC(=O)C[n+]1c(N)sc2c1CCCC2. The summed E-state index contributed by atoms with van der Waals surface area (Å²) in [6, 6.07) is 0. The summed E-state index contributed by atoms with van der Waals surface area (Å²) in [6.07, 6.45) is 5.30. The van der Waals surface area contributed by atoms with Crippen molar-refractivity contribution in [1.29, 1.82) is 0 Å². The van der Waals surface area contributed by atoms with Gasteiger partial charge in [-0.1, -0.05) is 18.3 Å². The normalized spacial score (nSPS) is 15.0. The van der Waals surface area contributed by atoms with E-state index in [0.717, 1.165) is 18.0 Å². The third kappa shape index (κ3) is 2.04. The Morgan fingerprint density at radius 2 is 2.20 bits per heavy atom. The maximum Gasteiger partial charge on any atom is 0.332 e. The van der Waals surface area contributed by atoms with Crippen LogP contribution >= 0.6 is 11.3 Å². The summed E-state index contributed by atoms with van der Waals surface area (Å²) in [6.45, 7) is 2.37. The van der Waals surface area contributed by atoms with E-state index in [0.29, 0.717) is 13.0 Å². The fourth-order valence-electron chi connectivity index (χ4n) is 2.03. The van der Waals surface area contributed by atoms with Gasteiger partial charge in [0.15, 0.2) is 5.78 Å². The van der Waals surface area contributed by atoms with Gasteiger partial charge >= 0.3 is 5.13 Å².